The van der Waals surface area contributed by atoms with Crippen molar-refractivity contribution in [3.63, 3.8) is 0 Å². The Morgan fingerprint density at radius 2 is 2.00 bits per heavy atom. The zero-order valence-corrected chi connectivity index (χ0v) is 12.2. The topological polar surface area (TPSA) is 64.8 Å². The SMILES string of the molecule is NCC1CCCCCN1C(=O)c1ccc2c(c1)OCCO2. The number of nitrogens with zero attached hydrogens (tertiary/aromatic N) is 1. The van der Waals surface area contributed by atoms with Crippen LogP contribution in [-0.2, 0) is 0 Å². The fraction of sp³-hybridized carbons (Fsp3) is 0.562. The van der Waals surface area contributed by atoms with E-state index in [4.69, 9.17) is 15.2 Å². The molecule has 1 unspecified atom stereocenters. The van der Waals surface area contributed by atoms with E-state index in [1.165, 1.54) is 6.42 Å². The summed E-state index contributed by atoms with van der Waals surface area (Å²) in [5, 5.41) is 0. The summed E-state index contributed by atoms with van der Waals surface area (Å²) < 4.78 is 11.1. The minimum Gasteiger partial charge on any atom is -0.486 e. The Morgan fingerprint density at radius 3 is 2.81 bits per heavy atom. The van der Waals surface area contributed by atoms with Crippen LogP contribution in [0.4, 0.5) is 0 Å². The van der Waals surface area contributed by atoms with Crippen LogP contribution in [0.3, 0.4) is 0 Å². The van der Waals surface area contributed by atoms with Crippen molar-refractivity contribution in [3.8, 4) is 11.5 Å². The van der Waals surface area contributed by atoms with Crippen LogP contribution in [0.25, 0.3) is 0 Å². The number of benzene rings is 1. The predicted molar refractivity (Wildman–Crippen MR) is 79.8 cm³/mol. The summed E-state index contributed by atoms with van der Waals surface area (Å²) in [5.74, 6) is 1.42. The van der Waals surface area contributed by atoms with Crippen LogP contribution < -0.4 is 15.2 Å². The molecule has 5 heteroatoms. The maximum atomic E-state index is 12.8. The third kappa shape index (κ3) is 2.97. The van der Waals surface area contributed by atoms with Gasteiger partial charge in [-0.25, -0.2) is 0 Å². The largest absolute Gasteiger partial charge is 0.486 e. The number of hydrogen-bond acceptors (Lipinski definition) is 4. The van der Waals surface area contributed by atoms with Gasteiger partial charge in [0.2, 0.25) is 0 Å². The quantitative estimate of drug-likeness (QED) is 0.902. The normalized spacial score (nSPS) is 21.8. The van der Waals surface area contributed by atoms with Gasteiger partial charge >= 0.3 is 0 Å². The smallest absolute Gasteiger partial charge is 0.254 e. The molecule has 0 aromatic heterocycles. The number of nitrogens with two attached hydrogens (primary N) is 1. The van der Waals surface area contributed by atoms with Gasteiger partial charge in [0.15, 0.2) is 11.5 Å². The van der Waals surface area contributed by atoms with Gasteiger partial charge in [-0.05, 0) is 31.0 Å². The molecule has 1 saturated heterocycles. The Labute approximate surface area is 125 Å². The van der Waals surface area contributed by atoms with E-state index in [1.807, 2.05) is 17.0 Å². The summed E-state index contributed by atoms with van der Waals surface area (Å²) in [6, 6.07) is 5.56. The second kappa shape index (κ2) is 6.35. The third-order valence-corrected chi connectivity index (χ3v) is 4.20. The molecular formula is C16H22N2O3. The Balaban J connectivity index is 1.83. The first-order valence-corrected chi connectivity index (χ1v) is 7.70. The molecule has 2 heterocycles. The molecule has 2 N–H and O–H groups in total. The summed E-state index contributed by atoms with van der Waals surface area (Å²) in [5.41, 5.74) is 6.50. The number of carbonyl (C=O) groups excluding carboxylic acids is 1. The van der Waals surface area contributed by atoms with E-state index in [0.717, 1.165) is 25.8 Å². The molecule has 0 aliphatic carbocycles. The van der Waals surface area contributed by atoms with Gasteiger partial charge in [-0.3, -0.25) is 4.79 Å². The molecule has 0 saturated carbocycles. The number of carbonyl (C=O) groups is 1. The molecule has 2 aliphatic rings. The number of amides is 1. The van der Waals surface area contributed by atoms with Gasteiger partial charge in [-0.15, -0.1) is 0 Å². The molecule has 3 rings (SSSR count). The predicted octanol–water partition coefficient (Wildman–Crippen LogP) is 1.80. The van der Waals surface area contributed by atoms with E-state index >= 15 is 0 Å². The van der Waals surface area contributed by atoms with Gasteiger partial charge in [0.25, 0.3) is 5.91 Å². The van der Waals surface area contributed by atoms with Gasteiger partial charge in [0, 0.05) is 24.7 Å². The van der Waals surface area contributed by atoms with Crippen LogP contribution in [0.1, 0.15) is 36.0 Å². The highest BCUT2D eigenvalue weighted by molar-refractivity contribution is 5.95. The number of hydrogen-bond donors (Lipinski definition) is 1. The molecular weight excluding hydrogens is 268 g/mol. The highest BCUT2D eigenvalue weighted by Crippen LogP contribution is 2.31. The molecule has 0 bridgehead atoms. The maximum Gasteiger partial charge on any atom is 0.254 e. The van der Waals surface area contributed by atoms with Crippen molar-refractivity contribution in [3.05, 3.63) is 23.8 Å². The first-order valence-electron chi connectivity index (χ1n) is 7.70. The molecule has 0 spiro atoms. The highest BCUT2D eigenvalue weighted by atomic mass is 16.6. The average molecular weight is 290 g/mol. The molecule has 21 heavy (non-hydrogen) atoms. The van der Waals surface area contributed by atoms with E-state index in [-0.39, 0.29) is 11.9 Å². The van der Waals surface area contributed by atoms with Gasteiger partial charge in [0.05, 0.1) is 0 Å². The molecule has 1 amide bonds. The van der Waals surface area contributed by atoms with Crippen LogP contribution in [0.5, 0.6) is 11.5 Å². The second-order valence-electron chi connectivity index (χ2n) is 5.60. The lowest BCUT2D eigenvalue weighted by atomic mass is 10.1. The van der Waals surface area contributed by atoms with Gasteiger partial charge < -0.3 is 20.1 Å². The zero-order valence-electron chi connectivity index (χ0n) is 12.2. The molecule has 1 aromatic rings. The molecule has 114 valence electrons. The molecule has 1 atom stereocenters. The van der Waals surface area contributed by atoms with E-state index < -0.39 is 0 Å². The number of ether oxygens (including phenoxy) is 2. The van der Waals surface area contributed by atoms with Gasteiger partial charge in [-0.2, -0.15) is 0 Å². The van der Waals surface area contributed by atoms with Crippen LogP contribution in [-0.4, -0.2) is 43.2 Å². The van der Waals surface area contributed by atoms with Crippen molar-refractivity contribution in [1.29, 1.82) is 0 Å². The van der Waals surface area contributed by atoms with Crippen molar-refractivity contribution >= 4 is 5.91 Å². The minimum atomic E-state index is 0.0457. The van der Waals surface area contributed by atoms with Gasteiger partial charge in [0.1, 0.15) is 13.2 Å². The zero-order chi connectivity index (χ0) is 14.7. The first kappa shape index (κ1) is 14.2. The molecule has 0 radical (unpaired) electrons. The van der Waals surface area contributed by atoms with Crippen LogP contribution in [0.2, 0.25) is 0 Å². The Kier molecular flexibility index (Phi) is 4.29. The van der Waals surface area contributed by atoms with E-state index in [9.17, 15) is 4.79 Å². The summed E-state index contributed by atoms with van der Waals surface area (Å²) in [4.78, 5) is 14.7. The third-order valence-electron chi connectivity index (χ3n) is 4.20. The number of fused-ring (bicyclic) bond motifs is 1. The van der Waals surface area contributed by atoms with Crippen LogP contribution >= 0.6 is 0 Å². The fourth-order valence-corrected chi connectivity index (χ4v) is 3.03. The van der Waals surface area contributed by atoms with E-state index in [2.05, 4.69) is 0 Å². The van der Waals surface area contributed by atoms with E-state index in [0.29, 0.717) is 36.8 Å². The maximum absolute atomic E-state index is 12.8. The molecule has 1 aromatic carbocycles. The lowest BCUT2D eigenvalue weighted by molar-refractivity contribution is 0.0688. The van der Waals surface area contributed by atoms with E-state index in [1.54, 1.807) is 6.07 Å². The molecule has 1 fully saturated rings. The summed E-state index contributed by atoms with van der Waals surface area (Å²) in [6.07, 6.45) is 4.35. The summed E-state index contributed by atoms with van der Waals surface area (Å²) >= 11 is 0. The van der Waals surface area contributed by atoms with Crippen molar-refractivity contribution < 1.29 is 14.3 Å². The Morgan fingerprint density at radius 1 is 1.19 bits per heavy atom. The lowest BCUT2D eigenvalue weighted by Gasteiger charge is -2.29. The summed E-state index contributed by atoms with van der Waals surface area (Å²) in [7, 11) is 0. The van der Waals surface area contributed by atoms with Crippen molar-refractivity contribution in [2.24, 2.45) is 5.73 Å². The van der Waals surface area contributed by atoms with Crippen molar-refractivity contribution in [2.75, 3.05) is 26.3 Å². The minimum absolute atomic E-state index is 0.0457. The van der Waals surface area contributed by atoms with Crippen molar-refractivity contribution in [2.45, 2.75) is 31.7 Å². The Bertz CT molecular complexity index is 518. The Hall–Kier alpha value is -1.75. The molecule has 2 aliphatic heterocycles. The summed E-state index contributed by atoms with van der Waals surface area (Å²) in [6.45, 7) is 2.40. The highest BCUT2D eigenvalue weighted by Gasteiger charge is 2.26. The number of rotatable bonds is 2. The van der Waals surface area contributed by atoms with Crippen LogP contribution in [0, 0.1) is 0 Å². The standard InChI is InChI=1S/C16H22N2O3/c17-11-13-4-2-1-3-7-18(13)16(19)12-5-6-14-15(10-12)21-9-8-20-14/h5-6,10,13H,1-4,7-9,11,17H2. The number of likely N-dealkylation sites (tertiary alicyclic amines) is 1. The molecule has 5 nitrogen and oxygen atoms in total. The van der Waals surface area contributed by atoms with Crippen LogP contribution in [0.15, 0.2) is 18.2 Å². The lowest BCUT2D eigenvalue weighted by Crippen LogP contribution is -2.44. The monoisotopic (exact) mass is 290 g/mol. The first-order chi connectivity index (χ1) is 10.3. The second-order valence-corrected chi connectivity index (χ2v) is 5.60. The van der Waals surface area contributed by atoms with Gasteiger partial charge in [-0.1, -0.05) is 12.8 Å². The average Bonchev–Trinajstić information content (AvgIpc) is 2.79. The fourth-order valence-electron chi connectivity index (χ4n) is 3.03. The van der Waals surface area contributed by atoms with Crippen molar-refractivity contribution in [1.82, 2.24) is 4.90 Å².